The first-order valence-electron chi connectivity index (χ1n) is 4.89. The number of fused-ring (bicyclic) bond motifs is 3. The number of aryl methyl sites for hydroxylation is 1. The maximum Gasteiger partial charge on any atom is 0.408 e. The third kappa shape index (κ3) is 1.02. The number of ether oxygens (including phenoxy) is 1. The minimum atomic E-state index is -0.281. The molecule has 0 unspecified atom stereocenters. The SMILES string of the molecule is O=C1N[C@H]2CCc3ccccc3[C@@H]2O1. The summed E-state index contributed by atoms with van der Waals surface area (Å²) >= 11 is 0. The van der Waals surface area contributed by atoms with Crippen molar-refractivity contribution in [1.29, 1.82) is 0 Å². The molecule has 0 radical (unpaired) electrons. The first-order chi connectivity index (χ1) is 6.84. The molecule has 0 aromatic heterocycles. The van der Waals surface area contributed by atoms with Crippen LogP contribution in [0.5, 0.6) is 0 Å². The lowest BCUT2D eigenvalue weighted by atomic mass is 9.86. The third-order valence-corrected chi connectivity index (χ3v) is 2.99. The molecule has 3 nitrogen and oxygen atoms in total. The Hall–Kier alpha value is -1.51. The summed E-state index contributed by atoms with van der Waals surface area (Å²) in [6.45, 7) is 0. The molecular formula is C11H11NO2. The van der Waals surface area contributed by atoms with Crippen LogP contribution in [0.2, 0.25) is 0 Å². The summed E-state index contributed by atoms with van der Waals surface area (Å²) in [5.41, 5.74) is 2.48. The highest BCUT2D eigenvalue weighted by Crippen LogP contribution is 2.35. The standard InChI is InChI=1S/C11H11NO2/c13-11-12-9-6-5-7-3-1-2-4-8(7)10(9)14-11/h1-4,9-10H,5-6H2,(H,12,13)/t9-,10-/m0/s1. The lowest BCUT2D eigenvalue weighted by Gasteiger charge is -2.25. The molecular weight excluding hydrogens is 178 g/mol. The number of benzene rings is 1. The Labute approximate surface area is 82.1 Å². The van der Waals surface area contributed by atoms with Crippen LogP contribution in [0.25, 0.3) is 0 Å². The molecule has 0 saturated carbocycles. The van der Waals surface area contributed by atoms with Crippen LogP contribution in [0.4, 0.5) is 4.79 Å². The quantitative estimate of drug-likeness (QED) is 0.675. The molecule has 0 bridgehead atoms. The number of amides is 1. The van der Waals surface area contributed by atoms with Crippen LogP contribution in [0, 0.1) is 0 Å². The van der Waals surface area contributed by atoms with E-state index in [0.29, 0.717) is 0 Å². The van der Waals surface area contributed by atoms with Gasteiger partial charge in [0.05, 0.1) is 6.04 Å². The minimum Gasteiger partial charge on any atom is -0.439 e. The Bertz CT molecular complexity index is 389. The van der Waals surface area contributed by atoms with Crippen molar-refractivity contribution < 1.29 is 9.53 Å². The topological polar surface area (TPSA) is 38.3 Å². The predicted octanol–water partition coefficient (Wildman–Crippen LogP) is 1.78. The molecule has 3 rings (SSSR count). The molecule has 3 heteroatoms. The van der Waals surface area contributed by atoms with Gasteiger partial charge >= 0.3 is 6.09 Å². The Balaban J connectivity index is 2.05. The molecule has 1 aliphatic heterocycles. The van der Waals surface area contributed by atoms with E-state index in [-0.39, 0.29) is 18.2 Å². The van der Waals surface area contributed by atoms with Crippen LogP contribution < -0.4 is 5.32 Å². The Morgan fingerprint density at radius 1 is 1.36 bits per heavy atom. The van der Waals surface area contributed by atoms with E-state index >= 15 is 0 Å². The summed E-state index contributed by atoms with van der Waals surface area (Å²) in [5.74, 6) is 0. The van der Waals surface area contributed by atoms with Gasteiger partial charge in [-0.2, -0.15) is 0 Å². The van der Waals surface area contributed by atoms with Gasteiger partial charge in [-0.25, -0.2) is 4.79 Å². The molecule has 1 aliphatic carbocycles. The minimum absolute atomic E-state index is 0.0625. The van der Waals surface area contributed by atoms with Crippen LogP contribution >= 0.6 is 0 Å². The molecule has 1 N–H and O–H groups in total. The van der Waals surface area contributed by atoms with Crippen LogP contribution in [0.1, 0.15) is 23.7 Å². The van der Waals surface area contributed by atoms with Gasteiger partial charge in [0, 0.05) is 0 Å². The van der Waals surface area contributed by atoms with Gasteiger partial charge in [0.25, 0.3) is 0 Å². The van der Waals surface area contributed by atoms with Gasteiger partial charge in [0.2, 0.25) is 0 Å². The highest BCUT2D eigenvalue weighted by Gasteiger charge is 2.38. The molecule has 2 atom stereocenters. The third-order valence-electron chi connectivity index (χ3n) is 2.99. The summed E-state index contributed by atoms with van der Waals surface area (Å²) in [7, 11) is 0. The van der Waals surface area contributed by atoms with Crippen LogP contribution in [0.15, 0.2) is 24.3 Å². The summed E-state index contributed by atoms with van der Waals surface area (Å²) < 4.78 is 5.24. The van der Waals surface area contributed by atoms with Crippen molar-refractivity contribution in [2.75, 3.05) is 0 Å². The first kappa shape index (κ1) is 7.85. The monoisotopic (exact) mass is 189 g/mol. The van der Waals surface area contributed by atoms with Crippen molar-refractivity contribution in [2.24, 2.45) is 0 Å². The van der Waals surface area contributed by atoms with Gasteiger partial charge < -0.3 is 10.1 Å². The van der Waals surface area contributed by atoms with E-state index in [1.165, 1.54) is 11.1 Å². The van der Waals surface area contributed by atoms with Crippen molar-refractivity contribution in [2.45, 2.75) is 25.0 Å². The number of rotatable bonds is 0. The largest absolute Gasteiger partial charge is 0.439 e. The number of alkyl carbamates (subject to hydrolysis) is 1. The lowest BCUT2D eigenvalue weighted by molar-refractivity contribution is 0.127. The van der Waals surface area contributed by atoms with Crippen molar-refractivity contribution in [3.8, 4) is 0 Å². The van der Waals surface area contributed by atoms with Gasteiger partial charge in [0.1, 0.15) is 6.10 Å². The summed E-state index contributed by atoms with van der Waals surface area (Å²) in [6.07, 6.45) is 1.66. The smallest absolute Gasteiger partial charge is 0.408 e. The zero-order valence-electron chi connectivity index (χ0n) is 7.69. The average Bonchev–Trinajstić information content (AvgIpc) is 2.59. The maximum absolute atomic E-state index is 11.1. The Kier molecular flexibility index (Phi) is 1.54. The van der Waals surface area contributed by atoms with Crippen molar-refractivity contribution in [1.82, 2.24) is 5.32 Å². The van der Waals surface area contributed by atoms with E-state index in [4.69, 9.17) is 4.74 Å². The summed E-state index contributed by atoms with van der Waals surface area (Å²) in [6, 6.07) is 8.36. The maximum atomic E-state index is 11.1. The average molecular weight is 189 g/mol. The number of hydrogen-bond acceptors (Lipinski definition) is 2. The molecule has 1 fully saturated rings. The van der Waals surface area contributed by atoms with Gasteiger partial charge in [-0.05, 0) is 24.0 Å². The Morgan fingerprint density at radius 3 is 3.14 bits per heavy atom. The molecule has 1 heterocycles. The zero-order valence-corrected chi connectivity index (χ0v) is 7.69. The highest BCUT2D eigenvalue weighted by molar-refractivity contribution is 5.71. The van der Waals surface area contributed by atoms with Gasteiger partial charge in [-0.3, -0.25) is 0 Å². The predicted molar refractivity (Wildman–Crippen MR) is 50.9 cm³/mol. The number of nitrogens with one attached hydrogen (secondary N) is 1. The molecule has 1 aromatic rings. The first-order valence-corrected chi connectivity index (χ1v) is 4.89. The molecule has 1 aromatic carbocycles. The fourth-order valence-electron chi connectivity index (χ4n) is 2.31. The highest BCUT2D eigenvalue weighted by atomic mass is 16.6. The molecule has 2 aliphatic rings. The van der Waals surface area contributed by atoms with Gasteiger partial charge in [0.15, 0.2) is 0 Å². The number of hydrogen-bond donors (Lipinski definition) is 1. The molecule has 1 saturated heterocycles. The van der Waals surface area contributed by atoms with Crippen molar-refractivity contribution in [3.63, 3.8) is 0 Å². The van der Waals surface area contributed by atoms with Crippen LogP contribution in [-0.4, -0.2) is 12.1 Å². The Morgan fingerprint density at radius 2 is 2.21 bits per heavy atom. The summed E-state index contributed by atoms with van der Waals surface area (Å²) in [4.78, 5) is 11.1. The van der Waals surface area contributed by atoms with E-state index in [2.05, 4.69) is 11.4 Å². The van der Waals surface area contributed by atoms with E-state index < -0.39 is 0 Å². The van der Waals surface area contributed by atoms with E-state index in [9.17, 15) is 4.79 Å². The molecule has 14 heavy (non-hydrogen) atoms. The van der Waals surface area contributed by atoms with E-state index in [1.807, 2.05) is 18.2 Å². The molecule has 1 amide bonds. The number of carbonyl (C=O) groups excluding carboxylic acids is 1. The van der Waals surface area contributed by atoms with Gasteiger partial charge in [-0.15, -0.1) is 0 Å². The van der Waals surface area contributed by atoms with Gasteiger partial charge in [-0.1, -0.05) is 24.3 Å². The fourth-order valence-corrected chi connectivity index (χ4v) is 2.31. The molecule has 0 spiro atoms. The van der Waals surface area contributed by atoms with Crippen LogP contribution in [-0.2, 0) is 11.2 Å². The molecule has 72 valence electrons. The van der Waals surface area contributed by atoms with E-state index in [1.54, 1.807) is 0 Å². The zero-order chi connectivity index (χ0) is 9.54. The second kappa shape index (κ2) is 2.74. The fraction of sp³-hybridized carbons (Fsp3) is 0.364. The van der Waals surface area contributed by atoms with Crippen molar-refractivity contribution in [3.05, 3.63) is 35.4 Å². The lowest BCUT2D eigenvalue weighted by Crippen LogP contribution is -2.31. The normalized spacial score (nSPS) is 28.7. The number of carbonyl (C=O) groups is 1. The van der Waals surface area contributed by atoms with Crippen molar-refractivity contribution >= 4 is 6.09 Å². The van der Waals surface area contributed by atoms with E-state index in [0.717, 1.165) is 12.8 Å². The van der Waals surface area contributed by atoms with Crippen LogP contribution in [0.3, 0.4) is 0 Å². The summed E-state index contributed by atoms with van der Waals surface area (Å²) in [5, 5.41) is 2.84. The second-order valence-corrected chi connectivity index (χ2v) is 3.81. The second-order valence-electron chi connectivity index (χ2n) is 3.81.